The van der Waals surface area contributed by atoms with Crippen LogP contribution < -0.4 is 0 Å². The summed E-state index contributed by atoms with van der Waals surface area (Å²) in [6.45, 7) is 8.62. The van der Waals surface area contributed by atoms with Crippen molar-refractivity contribution < 1.29 is 26.2 Å². The summed E-state index contributed by atoms with van der Waals surface area (Å²) in [7, 11) is 0. The van der Waals surface area contributed by atoms with Gasteiger partial charge < -0.3 is 0 Å². The molecule has 0 atom stereocenters. The average molecular weight is 306 g/mol. The second-order valence-corrected chi connectivity index (χ2v) is 4.18. The minimum atomic E-state index is 0. The van der Waals surface area contributed by atoms with Gasteiger partial charge in [-0.1, -0.05) is 40.5 Å². The molecule has 0 amide bonds. The number of hydrogen-bond acceptors (Lipinski definition) is 0. The molecular formula is C16H22Zr. The zero-order valence-electron chi connectivity index (χ0n) is 11.5. The molecule has 0 heterocycles. The summed E-state index contributed by atoms with van der Waals surface area (Å²) in [6, 6.07) is 0. The second kappa shape index (κ2) is 8.86. The molecule has 0 saturated heterocycles. The Labute approximate surface area is 126 Å². The van der Waals surface area contributed by atoms with Gasteiger partial charge in [0.1, 0.15) is 0 Å². The molecule has 90 valence electrons. The van der Waals surface area contributed by atoms with E-state index in [0.717, 1.165) is 12.8 Å². The molecule has 0 bridgehead atoms. The molecule has 0 aliphatic heterocycles. The predicted molar refractivity (Wildman–Crippen MR) is 70.8 cm³/mol. The van der Waals surface area contributed by atoms with Gasteiger partial charge in [0.05, 0.1) is 0 Å². The molecule has 0 nitrogen and oxygen atoms in total. The van der Waals surface area contributed by atoms with Crippen LogP contribution in [0.2, 0.25) is 0 Å². The van der Waals surface area contributed by atoms with E-state index in [-0.39, 0.29) is 26.2 Å². The Morgan fingerprint density at radius 2 is 1.24 bits per heavy atom. The summed E-state index contributed by atoms with van der Waals surface area (Å²) in [5.41, 5.74) is 5.66. The van der Waals surface area contributed by atoms with E-state index in [1.54, 1.807) is 0 Å². The first-order valence-corrected chi connectivity index (χ1v) is 6.22. The minimum Gasteiger partial charge on any atom is -0.269 e. The van der Waals surface area contributed by atoms with Gasteiger partial charge in [-0.3, -0.25) is 12.2 Å². The molecule has 0 aromatic rings. The first-order valence-electron chi connectivity index (χ1n) is 6.22. The van der Waals surface area contributed by atoms with Crippen molar-refractivity contribution in [3.8, 4) is 0 Å². The Bertz CT molecular complexity index is 318. The van der Waals surface area contributed by atoms with Gasteiger partial charge in [-0.25, -0.2) is 11.1 Å². The first kappa shape index (κ1) is 16.8. The number of hydrogen-bond donors (Lipinski definition) is 0. The molecule has 0 spiro atoms. The molecule has 0 aromatic carbocycles. The van der Waals surface area contributed by atoms with E-state index in [9.17, 15) is 0 Å². The van der Waals surface area contributed by atoms with Gasteiger partial charge in [-0.05, 0) is 0 Å². The third-order valence-electron chi connectivity index (χ3n) is 3.16. The monoisotopic (exact) mass is 304 g/mol. The molecule has 1 heteroatoms. The van der Waals surface area contributed by atoms with Crippen LogP contribution in [-0.2, 0) is 26.2 Å². The minimum absolute atomic E-state index is 0. The standard InChI is InChI=1S/2C8H11.Zr/c2*1-3-8-6-4-5-7(8)2;/h2*6H,3-4H2,1-2H3;/q2*-1;+2. The Morgan fingerprint density at radius 3 is 1.35 bits per heavy atom. The van der Waals surface area contributed by atoms with Gasteiger partial charge >= 0.3 is 26.2 Å². The SMILES string of the molecule is CCC1=CC[C-]=C1C.CCC1=CC[C-]=C1C.[Zr+2]. The molecular weight excluding hydrogens is 283 g/mol. The average Bonchev–Trinajstić information content (AvgIpc) is 2.87. The molecule has 17 heavy (non-hydrogen) atoms. The van der Waals surface area contributed by atoms with Crippen LogP contribution >= 0.6 is 0 Å². The van der Waals surface area contributed by atoms with Crippen LogP contribution in [0.5, 0.6) is 0 Å². The maximum Gasteiger partial charge on any atom is 2.00 e. The van der Waals surface area contributed by atoms with Gasteiger partial charge in [0.25, 0.3) is 0 Å². The summed E-state index contributed by atoms with van der Waals surface area (Å²) in [5.74, 6) is 0. The molecule has 0 unspecified atom stereocenters. The summed E-state index contributed by atoms with van der Waals surface area (Å²) < 4.78 is 0. The van der Waals surface area contributed by atoms with Crippen molar-refractivity contribution in [3.63, 3.8) is 0 Å². The predicted octanol–water partition coefficient (Wildman–Crippen LogP) is 4.95. The fourth-order valence-electron chi connectivity index (χ4n) is 2.01. The fourth-order valence-corrected chi connectivity index (χ4v) is 2.01. The van der Waals surface area contributed by atoms with Crippen LogP contribution in [0, 0.1) is 12.2 Å². The molecule has 0 N–H and O–H groups in total. The third-order valence-corrected chi connectivity index (χ3v) is 3.16. The topological polar surface area (TPSA) is 0 Å². The Kier molecular flexibility index (Phi) is 8.78. The molecule has 0 fully saturated rings. The zero-order chi connectivity index (χ0) is 12.0. The van der Waals surface area contributed by atoms with Gasteiger partial charge in [0.2, 0.25) is 0 Å². The smallest absolute Gasteiger partial charge is 0.269 e. The van der Waals surface area contributed by atoms with Gasteiger partial charge in [0.15, 0.2) is 0 Å². The van der Waals surface area contributed by atoms with Gasteiger partial charge in [0, 0.05) is 0 Å². The van der Waals surface area contributed by atoms with E-state index in [4.69, 9.17) is 0 Å². The van der Waals surface area contributed by atoms with E-state index in [0.29, 0.717) is 0 Å². The fraction of sp³-hybridized carbons (Fsp3) is 0.500. The van der Waals surface area contributed by atoms with Crippen LogP contribution in [0.3, 0.4) is 0 Å². The molecule has 2 aliphatic carbocycles. The first-order chi connectivity index (χ1) is 7.69. The van der Waals surface area contributed by atoms with Crippen molar-refractivity contribution in [1.82, 2.24) is 0 Å². The number of allylic oxidation sites excluding steroid dienone is 8. The largest absolute Gasteiger partial charge is 2.00 e. The van der Waals surface area contributed by atoms with Crippen LogP contribution in [0.4, 0.5) is 0 Å². The van der Waals surface area contributed by atoms with Crippen molar-refractivity contribution in [2.24, 2.45) is 0 Å². The second-order valence-electron chi connectivity index (χ2n) is 4.18. The molecule has 0 aromatic heterocycles. The summed E-state index contributed by atoms with van der Waals surface area (Å²) in [4.78, 5) is 0. The molecule has 0 radical (unpaired) electrons. The van der Waals surface area contributed by atoms with Gasteiger partial charge in [-0.2, -0.15) is 23.3 Å². The van der Waals surface area contributed by atoms with Crippen LogP contribution in [0.25, 0.3) is 0 Å². The van der Waals surface area contributed by atoms with E-state index in [1.807, 2.05) is 0 Å². The Hall–Kier alpha value is -0.157. The van der Waals surface area contributed by atoms with E-state index in [1.165, 1.54) is 35.1 Å². The van der Waals surface area contributed by atoms with Crippen molar-refractivity contribution in [1.29, 1.82) is 0 Å². The van der Waals surface area contributed by atoms with Crippen LogP contribution in [0.15, 0.2) is 34.4 Å². The molecule has 2 rings (SSSR count). The van der Waals surface area contributed by atoms with Crippen molar-refractivity contribution >= 4 is 0 Å². The number of rotatable bonds is 2. The Morgan fingerprint density at radius 1 is 0.882 bits per heavy atom. The van der Waals surface area contributed by atoms with E-state index < -0.39 is 0 Å². The van der Waals surface area contributed by atoms with Crippen molar-refractivity contribution in [2.45, 2.75) is 53.4 Å². The summed E-state index contributed by atoms with van der Waals surface area (Å²) >= 11 is 0. The molecule has 0 saturated carbocycles. The van der Waals surface area contributed by atoms with Crippen molar-refractivity contribution in [3.05, 3.63) is 46.6 Å². The van der Waals surface area contributed by atoms with Gasteiger partial charge in [-0.15, -0.1) is 12.8 Å². The summed E-state index contributed by atoms with van der Waals surface area (Å²) in [6.07, 6.45) is 15.4. The maximum absolute atomic E-state index is 3.24. The van der Waals surface area contributed by atoms with Crippen LogP contribution in [0.1, 0.15) is 53.4 Å². The van der Waals surface area contributed by atoms with Crippen molar-refractivity contribution in [2.75, 3.05) is 0 Å². The van der Waals surface area contributed by atoms with Crippen LogP contribution in [-0.4, -0.2) is 0 Å². The summed E-state index contributed by atoms with van der Waals surface area (Å²) in [5, 5.41) is 0. The maximum atomic E-state index is 3.24. The quantitative estimate of drug-likeness (QED) is 0.633. The van der Waals surface area contributed by atoms with E-state index >= 15 is 0 Å². The zero-order valence-corrected chi connectivity index (χ0v) is 13.9. The Balaban J connectivity index is 0.000000284. The normalized spacial score (nSPS) is 17.2. The van der Waals surface area contributed by atoms with E-state index in [2.05, 4.69) is 52.0 Å². The molecule has 2 aliphatic rings. The third kappa shape index (κ3) is 5.34.